The molecule has 5 heteroatoms. The third kappa shape index (κ3) is 3.35. The van der Waals surface area contributed by atoms with Crippen molar-refractivity contribution in [1.82, 2.24) is 9.97 Å². The number of piperidine rings is 1. The highest BCUT2D eigenvalue weighted by atomic mass is 16.5. The lowest BCUT2D eigenvalue weighted by Crippen LogP contribution is -2.37. The molecule has 0 bridgehead atoms. The van der Waals surface area contributed by atoms with Gasteiger partial charge in [0.25, 0.3) is 0 Å². The first-order chi connectivity index (χ1) is 12.8. The van der Waals surface area contributed by atoms with Crippen LogP contribution in [0.2, 0.25) is 0 Å². The van der Waals surface area contributed by atoms with Gasteiger partial charge < -0.3 is 15.4 Å². The first-order valence-electron chi connectivity index (χ1n) is 9.13. The van der Waals surface area contributed by atoms with E-state index in [0.29, 0.717) is 5.92 Å². The zero-order chi connectivity index (χ0) is 17.9. The molecule has 3 aromatic rings. The summed E-state index contributed by atoms with van der Waals surface area (Å²) in [5.74, 6) is 2.31. The van der Waals surface area contributed by atoms with Crippen molar-refractivity contribution in [2.45, 2.75) is 12.8 Å². The maximum atomic E-state index is 5.79. The van der Waals surface area contributed by atoms with Crippen LogP contribution in [0.15, 0.2) is 48.7 Å². The van der Waals surface area contributed by atoms with Crippen LogP contribution in [0.25, 0.3) is 22.0 Å². The van der Waals surface area contributed by atoms with Crippen LogP contribution in [0.5, 0.6) is 5.75 Å². The molecule has 1 saturated heterocycles. The van der Waals surface area contributed by atoms with E-state index in [4.69, 9.17) is 15.5 Å². The molecule has 1 aliphatic heterocycles. The van der Waals surface area contributed by atoms with Gasteiger partial charge in [-0.15, -0.1) is 0 Å². The summed E-state index contributed by atoms with van der Waals surface area (Å²) in [7, 11) is 1.69. The van der Waals surface area contributed by atoms with Gasteiger partial charge in [0, 0.05) is 24.8 Å². The van der Waals surface area contributed by atoms with Gasteiger partial charge in [0.1, 0.15) is 5.75 Å². The van der Waals surface area contributed by atoms with Crippen molar-refractivity contribution >= 4 is 16.7 Å². The predicted molar refractivity (Wildman–Crippen MR) is 106 cm³/mol. The Hall–Kier alpha value is -2.66. The molecule has 26 heavy (non-hydrogen) atoms. The number of nitrogens with two attached hydrogens (primary N) is 1. The van der Waals surface area contributed by atoms with E-state index >= 15 is 0 Å². The van der Waals surface area contributed by atoms with Crippen molar-refractivity contribution in [3.63, 3.8) is 0 Å². The number of anilines is 1. The lowest BCUT2D eigenvalue weighted by Gasteiger charge is -2.31. The number of hydrogen-bond donors (Lipinski definition) is 1. The molecule has 1 fully saturated rings. The third-order valence-corrected chi connectivity index (χ3v) is 5.22. The summed E-state index contributed by atoms with van der Waals surface area (Å²) in [4.78, 5) is 11.6. The molecule has 5 nitrogen and oxygen atoms in total. The van der Waals surface area contributed by atoms with E-state index in [1.54, 1.807) is 7.11 Å². The van der Waals surface area contributed by atoms with Crippen LogP contribution >= 0.6 is 0 Å². The Labute approximate surface area is 153 Å². The highest BCUT2D eigenvalue weighted by molar-refractivity contribution is 5.88. The van der Waals surface area contributed by atoms with Crippen molar-refractivity contribution in [3.05, 3.63) is 48.7 Å². The fourth-order valence-electron chi connectivity index (χ4n) is 3.54. The molecule has 1 aliphatic rings. The topological polar surface area (TPSA) is 64.3 Å². The summed E-state index contributed by atoms with van der Waals surface area (Å²) in [6, 6.07) is 14.5. The Kier molecular flexibility index (Phi) is 4.71. The average Bonchev–Trinajstić information content (AvgIpc) is 2.73. The highest BCUT2D eigenvalue weighted by Gasteiger charge is 2.20. The monoisotopic (exact) mass is 348 g/mol. The van der Waals surface area contributed by atoms with E-state index in [-0.39, 0.29) is 0 Å². The van der Waals surface area contributed by atoms with Crippen LogP contribution in [0.4, 0.5) is 5.95 Å². The van der Waals surface area contributed by atoms with Crippen molar-refractivity contribution in [2.75, 3.05) is 31.6 Å². The Bertz CT molecular complexity index is 903. The molecule has 0 spiro atoms. The normalized spacial score (nSPS) is 15.4. The maximum Gasteiger partial charge on any atom is 0.225 e. The van der Waals surface area contributed by atoms with Crippen molar-refractivity contribution in [2.24, 2.45) is 11.7 Å². The quantitative estimate of drug-likeness (QED) is 0.782. The largest absolute Gasteiger partial charge is 0.497 e. The number of hydrogen-bond acceptors (Lipinski definition) is 5. The molecule has 0 aliphatic carbocycles. The predicted octanol–water partition coefficient (Wildman–Crippen LogP) is 3.48. The number of nitrogens with zero attached hydrogens (tertiary/aromatic N) is 3. The Morgan fingerprint density at radius 1 is 1.08 bits per heavy atom. The van der Waals surface area contributed by atoms with Crippen LogP contribution in [-0.4, -0.2) is 36.7 Å². The number of aromatic nitrogens is 2. The summed E-state index contributed by atoms with van der Waals surface area (Å²) in [5.41, 5.74) is 7.85. The summed E-state index contributed by atoms with van der Waals surface area (Å²) >= 11 is 0. The van der Waals surface area contributed by atoms with Crippen molar-refractivity contribution < 1.29 is 4.74 Å². The van der Waals surface area contributed by atoms with Crippen LogP contribution in [-0.2, 0) is 0 Å². The second-order valence-corrected chi connectivity index (χ2v) is 6.84. The number of rotatable bonds is 4. The Morgan fingerprint density at radius 2 is 1.85 bits per heavy atom. The van der Waals surface area contributed by atoms with E-state index in [1.165, 1.54) is 5.39 Å². The summed E-state index contributed by atoms with van der Waals surface area (Å²) < 4.78 is 5.30. The molecule has 2 aromatic carbocycles. The molecular weight excluding hydrogens is 324 g/mol. The number of benzene rings is 2. The molecule has 2 N–H and O–H groups in total. The molecule has 0 saturated carbocycles. The smallest absolute Gasteiger partial charge is 0.225 e. The molecule has 0 radical (unpaired) electrons. The zero-order valence-electron chi connectivity index (χ0n) is 15.1. The van der Waals surface area contributed by atoms with Crippen LogP contribution in [0.3, 0.4) is 0 Å². The van der Waals surface area contributed by atoms with E-state index in [9.17, 15) is 0 Å². The van der Waals surface area contributed by atoms with E-state index < -0.39 is 0 Å². The number of methoxy groups -OCH3 is 1. The Balaban J connectivity index is 1.61. The fraction of sp³-hybridized carbons (Fsp3) is 0.333. The van der Waals surface area contributed by atoms with E-state index in [1.807, 2.05) is 24.4 Å². The third-order valence-electron chi connectivity index (χ3n) is 5.22. The fourth-order valence-corrected chi connectivity index (χ4v) is 3.54. The minimum Gasteiger partial charge on any atom is -0.497 e. The van der Waals surface area contributed by atoms with Gasteiger partial charge in [0.05, 0.1) is 12.8 Å². The second-order valence-electron chi connectivity index (χ2n) is 6.84. The lowest BCUT2D eigenvalue weighted by atomic mass is 9.97. The zero-order valence-corrected chi connectivity index (χ0v) is 15.1. The second kappa shape index (κ2) is 7.30. The molecule has 0 unspecified atom stereocenters. The van der Waals surface area contributed by atoms with Gasteiger partial charge in [-0.2, -0.15) is 0 Å². The maximum absolute atomic E-state index is 5.79. The molecular formula is C21H24N4O. The standard InChI is InChI=1S/C21H24N4O/c1-26-19-5-4-16-12-18(3-2-17(16)13-19)20-6-9-23-21(24-20)25-10-7-15(14-22)8-11-25/h2-6,9,12-13,15H,7-8,10-11,14,22H2,1H3. The molecule has 4 rings (SSSR count). The van der Waals surface area contributed by atoms with E-state index in [0.717, 1.165) is 60.8 Å². The van der Waals surface area contributed by atoms with Gasteiger partial charge in [-0.3, -0.25) is 0 Å². The van der Waals surface area contributed by atoms with Gasteiger partial charge >= 0.3 is 0 Å². The molecule has 134 valence electrons. The van der Waals surface area contributed by atoms with Gasteiger partial charge in [0.15, 0.2) is 0 Å². The molecule has 2 heterocycles. The summed E-state index contributed by atoms with van der Waals surface area (Å²) in [6.07, 6.45) is 4.08. The lowest BCUT2D eigenvalue weighted by molar-refractivity contribution is 0.411. The minimum atomic E-state index is 0.631. The number of ether oxygens (including phenoxy) is 1. The van der Waals surface area contributed by atoms with Crippen LogP contribution in [0.1, 0.15) is 12.8 Å². The molecule has 0 amide bonds. The van der Waals surface area contributed by atoms with E-state index in [2.05, 4.69) is 34.1 Å². The first kappa shape index (κ1) is 16.8. The Morgan fingerprint density at radius 3 is 2.62 bits per heavy atom. The van der Waals surface area contributed by atoms with Crippen LogP contribution < -0.4 is 15.4 Å². The first-order valence-corrected chi connectivity index (χ1v) is 9.13. The van der Waals surface area contributed by atoms with Crippen LogP contribution in [0, 0.1) is 5.92 Å². The summed E-state index contributed by atoms with van der Waals surface area (Å²) in [6.45, 7) is 2.72. The van der Waals surface area contributed by atoms with Crippen molar-refractivity contribution in [1.29, 1.82) is 0 Å². The molecule has 0 atom stereocenters. The van der Waals surface area contributed by atoms with Crippen molar-refractivity contribution in [3.8, 4) is 17.0 Å². The van der Waals surface area contributed by atoms with Gasteiger partial charge in [-0.05, 0) is 60.3 Å². The van der Waals surface area contributed by atoms with Gasteiger partial charge in [0.2, 0.25) is 5.95 Å². The SMILES string of the molecule is COc1ccc2cc(-c3ccnc(N4CCC(CN)CC4)n3)ccc2c1. The van der Waals surface area contributed by atoms with Gasteiger partial charge in [-0.1, -0.05) is 18.2 Å². The summed E-state index contributed by atoms with van der Waals surface area (Å²) in [5, 5.41) is 2.33. The molecule has 1 aromatic heterocycles. The number of fused-ring (bicyclic) bond motifs is 1. The van der Waals surface area contributed by atoms with Gasteiger partial charge in [-0.25, -0.2) is 9.97 Å². The highest BCUT2D eigenvalue weighted by Crippen LogP contribution is 2.27. The minimum absolute atomic E-state index is 0.631. The average molecular weight is 348 g/mol.